The van der Waals surface area contributed by atoms with Gasteiger partial charge in [0.25, 0.3) is 0 Å². The van der Waals surface area contributed by atoms with Crippen molar-refractivity contribution in [2.24, 2.45) is 5.92 Å². The minimum Gasteiger partial charge on any atom is -0.496 e. The zero-order valence-electron chi connectivity index (χ0n) is 19.7. The number of rotatable bonds is 13. The monoisotopic (exact) mass is 442 g/mol. The van der Waals surface area contributed by atoms with Crippen LogP contribution in [0.1, 0.15) is 61.4 Å². The van der Waals surface area contributed by atoms with E-state index in [1.807, 2.05) is 6.07 Å². The van der Waals surface area contributed by atoms with Gasteiger partial charge in [-0.25, -0.2) is 0 Å². The molecule has 0 aromatic heterocycles. The van der Waals surface area contributed by atoms with Crippen molar-refractivity contribution in [3.63, 3.8) is 0 Å². The van der Waals surface area contributed by atoms with Gasteiger partial charge < -0.3 is 18.9 Å². The maximum atomic E-state index is 13.7. The quantitative estimate of drug-likeness (QED) is 0.234. The number of unbranched alkanes of at least 4 members (excludes halogenated alkanes) is 1. The number of carbonyl (C=O) groups excluding carboxylic acids is 2. The standard InChI is InChI=1S/C26H34O6/c1-6-8-12-18(7-2)17-32-26(28)23(19-13-10-9-11-14-19)25(27)24-21(30-4)15-20(29-3)16-22(24)31-5/h9-11,13-16,18,23H,6-8,12,17H2,1-5H3. The molecule has 0 saturated heterocycles. The van der Waals surface area contributed by atoms with Gasteiger partial charge in [0.15, 0.2) is 5.78 Å². The molecule has 0 amide bonds. The Hall–Kier alpha value is -3.02. The van der Waals surface area contributed by atoms with E-state index in [9.17, 15) is 9.59 Å². The van der Waals surface area contributed by atoms with E-state index in [1.165, 1.54) is 21.3 Å². The molecule has 0 radical (unpaired) electrons. The summed E-state index contributed by atoms with van der Waals surface area (Å²) in [5, 5.41) is 0. The van der Waals surface area contributed by atoms with Crippen molar-refractivity contribution in [1.82, 2.24) is 0 Å². The molecule has 2 unspecified atom stereocenters. The highest BCUT2D eigenvalue weighted by Gasteiger charge is 2.35. The average molecular weight is 443 g/mol. The number of methoxy groups -OCH3 is 3. The van der Waals surface area contributed by atoms with E-state index in [4.69, 9.17) is 18.9 Å². The van der Waals surface area contributed by atoms with Crippen molar-refractivity contribution in [3.05, 3.63) is 53.6 Å². The Morgan fingerprint density at radius 1 is 0.906 bits per heavy atom. The van der Waals surface area contributed by atoms with Gasteiger partial charge in [-0.15, -0.1) is 0 Å². The molecule has 32 heavy (non-hydrogen) atoms. The third kappa shape index (κ3) is 6.25. The summed E-state index contributed by atoms with van der Waals surface area (Å²) in [7, 11) is 4.43. The fraction of sp³-hybridized carbons (Fsp3) is 0.462. The van der Waals surface area contributed by atoms with Crippen LogP contribution in [0.15, 0.2) is 42.5 Å². The van der Waals surface area contributed by atoms with Crippen LogP contribution in [0.2, 0.25) is 0 Å². The van der Waals surface area contributed by atoms with Crippen molar-refractivity contribution < 1.29 is 28.5 Å². The van der Waals surface area contributed by atoms with Gasteiger partial charge in [-0.05, 0) is 17.9 Å². The van der Waals surface area contributed by atoms with Crippen molar-refractivity contribution >= 4 is 11.8 Å². The molecule has 0 spiro atoms. The lowest BCUT2D eigenvalue weighted by molar-refractivity contribution is -0.145. The van der Waals surface area contributed by atoms with Crippen LogP contribution in [0.5, 0.6) is 17.2 Å². The Balaban J connectivity index is 2.42. The van der Waals surface area contributed by atoms with Crippen LogP contribution < -0.4 is 14.2 Å². The molecule has 0 aliphatic rings. The fourth-order valence-corrected chi connectivity index (χ4v) is 3.61. The molecule has 0 N–H and O–H groups in total. The number of benzene rings is 2. The van der Waals surface area contributed by atoms with Gasteiger partial charge in [0, 0.05) is 12.1 Å². The normalized spacial score (nSPS) is 12.5. The lowest BCUT2D eigenvalue weighted by Crippen LogP contribution is -2.27. The van der Waals surface area contributed by atoms with E-state index < -0.39 is 17.7 Å². The van der Waals surface area contributed by atoms with Gasteiger partial charge >= 0.3 is 5.97 Å². The Morgan fingerprint density at radius 2 is 1.53 bits per heavy atom. The number of ketones is 1. The van der Waals surface area contributed by atoms with E-state index >= 15 is 0 Å². The number of Topliss-reactive ketones (excluding diaryl/α,β-unsaturated/α-hetero) is 1. The minimum absolute atomic E-state index is 0.180. The second-order valence-electron chi connectivity index (χ2n) is 7.66. The van der Waals surface area contributed by atoms with E-state index in [2.05, 4.69) is 13.8 Å². The van der Waals surface area contributed by atoms with Crippen LogP contribution in [-0.4, -0.2) is 39.7 Å². The van der Waals surface area contributed by atoms with Crippen molar-refractivity contribution in [2.75, 3.05) is 27.9 Å². The number of carbonyl (C=O) groups is 2. The molecule has 2 rings (SSSR count). The van der Waals surface area contributed by atoms with Crippen LogP contribution >= 0.6 is 0 Å². The topological polar surface area (TPSA) is 71.1 Å². The molecule has 0 saturated carbocycles. The number of hydrogen-bond acceptors (Lipinski definition) is 6. The summed E-state index contributed by atoms with van der Waals surface area (Å²) in [5.74, 6) is -0.846. The Kier molecular flexibility index (Phi) is 10.1. The summed E-state index contributed by atoms with van der Waals surface area (Å²) >= 11 is 0. The van der Waals surface area contributed by atoms with Crippen LogP contribution in [0.3, 0.4) is 0 Å². The first-order valence-corrected chi connectivity index (χ1v) is 11.1. The highest BCUT2D eigenvalue weighted by molar-refractivity contribution is 6.15. The number of hydrogen-bond donors (Lipinski definition) is 0. The predicted molar refractivity (Wildman–Crippen MR) is 124 cm³/mol. The SMILES string of the molecule is CCCCC(CC)COC(=O)C(C(=O)c1c(OC)cc(OC)cc1OC)c1ccccc1. The largest absolute Gasteiger partial charge is 0.496 e. The average Bonchev–Trinajstić information content (AvgIpc) is 2.83. The third-order valence-corrected chi connectivity index (χ3v) is 5.60. The summed E-state index contributed by atoms with van der Waals surface area (Å²) in [6, 6.07) is 12.1. The first kappa shape index (κ1) is 25.2. The molecule has 6 heteroatoms. The van der Waals surface area contributed by atoms with Crippen LogP contribution in [0.25, 0.3) is 0 Å². The molecular weight excluding hydrogens is 408 g/mol. The number of esters is 1. The van der Waals surface area contributed by atoms with Gasteiger partial charge in [-0.2, -0.15) is 0 Å². The molecule has 174 valence electrons. The molecule has 6 nitrogen and oxygen atoms in total. The Morgan fingerprint density at radius 3 is 2.03 bits per heavy atom. The summed E-state index contributed by atoms with van der Waals surface area (Å²) in [6.45, 7) is 4.52. The summed E-state index contributed by atoms with van der Waals surface area (Å²) < 4.78 is 21.8. The maximum absolute atomic E-state index is 13.7. The third-order valence-electron chi connectivity index (χ3n) is 5.60. The summed E-state index contributed by atoms with van der Waals surface area (Å²) in [5.41, 5.74) is 0.739. The van der Waals surface area contributed by atoms with Crippen LogP contribution in [-0.2, 0) is 9.53 Å². The highest BCUT2D eigenvalue weighted by Crippen LogP contribution is 2.38. The summed E-state index contributed by atoms with van der Waals surface area (Å²) in [6.07, 6.45) is 4.08. The van der Waals surface area contributed by atoms with Crippen molar-refractivity contribution in [3.8, 4) is 17.2 Å². The molecule has 0 bridgehead atoms. The lowest BCUT2D eigenvalue weighted by Gasteiger charge is -2.21. The van der Waals surface area contributed by atoms with Gasteiger partial charge in [0.2, 0.25) is 0 Å². The van der Waals surface area contributed by atoms with Crippen molar-refractivity contribution in [2.45, 2.75) is 45.4 Å². The molecule has 0 fully saturated rings. The van der Waals surface area contributed by atoms with E-state index in [-0.39, 0.29) is 23.0 Å². The van der Waals surface area contributed by atoms with Crippen molar-refractivity contribution in [1.29, 1.82) is 0 Å². The number of ether oxygens (including phenoxy) is 4. The van der Waals surface area contributed by atoms with Gasteiger partial charge in [-0.1, -0.05) is 63.4 Å². The zero-order valence-corrected chi connectivity index (χ0v) is 19.7. The molecule has 2 aromatic carbocycles. The summed E-state index contributed by atoms with van der Waals surface area (Å²) in [4.78, 5) is 27.0. The molecule has 0 aliphatic carbocycles. The smallest absolute Gasteiger partial charge is 0.321 e. The van der Waals surface area contributed by atoms with E-state index in [0.29, 0.717) is 17.9 Å². The maximum Gasteiger partial charge on any atom is 0.321 e. The molecule has 2 atom stereocenters. The molecular formula is C26H34O6. The highest BCUT2D eigenvalue weighted by atomic mass is 16.5. The minimum atomic E-state index is -1.13. The van der Waals surface area contributed by atoms with Gasteiger partial charge in [0.1, 0.15) is 28.7 Å². The first-order valence-electron chi connectivity index (χ1n) is 11.1. The molecule has 0 aliphatic heterocycles. The zero-order chi connectivity index (χ0) is 23.5. The van der Waals surface area contributed by atoms with E-state index in [0.717, 1.165) is 25.7 Å². The fourth-order valence-electron chi connectivity index (χ4n) is 3.61. The van der Waals surface area contributed by atoms with Gasteiger partial charge in [0.05, 0.1) is 27.9 Å². The molecule has 0 heterocycles. The second kappa shape index (κ2) is 12.7. The predicted octanol–water partition coefficient (Wildman–Crippen LogP) is 5.44. The van der Waals surface area contributed by atoms with Crippen LogP contribution in [0, 0.1) is 5.92 Å². The van der Waals surface area contributed by atoms with Crippen LogP contribution in [0.4, 0.5) is 0 Å². The second-order valence-corrected chi connectivity index (χ2v) is 7.66. The van der Waals surface area contributed by atoms with Gasteiger partial charge in [-0.3, -0.25) is 9.59 Å². The van der Waals surface area contributed by atoms with E-state index in [1.54, 1.807) is 36.4 Å². The first-order chi connectivity index (χ1) is 15.5. The Bertz CT molecular complexity index is 852. The Labute approximate surface area is 190 Å². The lowest BCUT2D eigenvalue weighted by atomic mass is 9.89. The molecule has 2 aromatic rings.